The highest BCUT2D eigenvalue weighted by Gasteiger charge is 2.37. The fraction of sp³-hybridized carbons (Fsp3) is 0.875. The molecular weight excluding hydrogens is 284 g/mol. The molecule has 3 atom stereocenters. The summed E-state index contributed by atoms with van der Waals surface area (Å²) in [5.41, 5.74) is 0. The number of carbonyl (C=O) groups is 2. The summed E-state index contributed by atoms with van der Waals surface area (Å²) in [5.74, 6) is 0.565. The van der Waals surface area contributed by atoms with Crippen LogP contribution >= 0.6 is 11.8 Å². The summed E-state index contributed by atoms with van der Waals surface area (Å²) in [6, 6.07) is -0.0203. The molecule has 0 aromatic carbocycles. The molecule has 4 nitrogen and oxygen atoms in total. The monoisotopic (exact) mass is 312 g/mol. The Labute approximate surface area is 132 Å². The number of amides is 2. The first kappa shape index (κ1) is 16.7. The van der Waals surface area contributed by atoms with E-state index in [2.05, 4.69) is 25.4 Å². The molecule has 120 valence electrons. The minimum atomic E-state index is -0.329. The maximum Gasteiger partial charge on any atom is 0.245 e. The van der Waals surface area contributed by atoms with E-state index in [0.29, 0.717) is 30.2 Å². The van der Waals surface area contributed by atoms with E-state index in [4.69, 9.17) is 0 Å². The molecule has 3 unspecified atom stereocenters. The smallest absolute Gasteiger partial charge is 0.245 e. The predicted octanol–water partition coefficient (Wildman–Crippen LogP) is 2.42. The molecule has 2 fully saturated rings. The summed E-state index contributed by atoms with van der Waals surface area (Å²) in [7, 11) is 0. The van der Waals surface area contributed by atoms with Gasteiger partial charge in [0.1, 0.15) is 6.04 Å². The molecule has 0 aromatic heterocycles. The van der Waals surface area contributed by atoms with E-state index in [1.54, 1.807) is 0 Å². The van der Waals surface area contributed by atoms with Crippen LogP contribution in [-0.4, -0.2) is 46.8 Å². The zero-order valence-corrected chi connectivity index (χ0v) is 14.2. The molecule has 1 heterocycles. The van der Waals surface area contributed by atoms with Gasteiger partial charge in [-0.1, -0.05) is 26.7 Å². The Morgan fingerprint density at radius 2 is 2.00 bits per heavy atom. The van der Waals surface area contributed by atoms with Gasteiger partial charge in [0, 0.05) is 24.3 Å². The molecule has 1 saturated carbocycles. The van der Waals surface area contributed by atoms with Crippen molar-refractivity contribution < 1.29 is 9.59 Å². The number of hydrogen-bond acceptors (Lipinski definition) is 3. The second-order valence-corrected chi connectivity index (χ2v) is 7.73. The summed E-state index contributed by atoms with van der Waals surface area (Å²) < 4.78 is 0. The van der Waals surface area contributed by atoms with Crippen LogP contribution in [0.4, 0.5) is 0 Å². The molecule has 21 heavy (non-hydrogen) atoms. The molecule has 0 aromatic rings. The molecular formula is C16H28N2O2S. The van der Waals surface area contributed by atoms with Crippen LogP contribution < -0.4 is 5.32 Å². The predicted molar refractivity (Wildman–Crippen MR) is 87.3 cm³/mol. The molecule has 1 saturated heterocycles. The molecule has 2 rings (SSSR count). The van der Waals surface area contributed by atoms with Gasteiger partial charge in [-0.2, -0.15) is 11.8 Å². The quantitative estimate of drug-likeness (QED) is 0.867. The largest absolute Gasteiger partial charge is 0.344 e. The van der Waals surface area contributed by atoms with Crippen LogP contribution in [-0.2, 0) is 9.59 Å². The normalized spacial score (nSPS) is 31.2. The van der Waals surface area contributed by atoms with Crippen LogP contribution in [0.1, 0.15) is 52.4 Å². The maximum atomic E-state index is 12.9. The van der Waals surface area contributed by atoms with Gasteiger partial charge in [-0.05, 0) is 31.4 Å². The third-order valence-electron chi connectivity index (χ3n) is 4.57. The lowest BCUT2D eigenvalue weighted by Gasteiger charge is -2.39. The van der Waals surface area contributed by atoms with Crippen molar-refractivity contribution in [2.45, 2.75) is 69.7 Å². The van der Waals surface area contributed by atoms with Crippen LogP contribution in [0.5, 0.6) is 0 Å². The zero-order valence-electron chi connectivity index (χ0n) is 13.4. The second kappa shape index (κ2) is 7.52. The molecule has 2 aliphatic rings. The third kappa shape index (κ3) is 4.15. The van der Waals surface area contributed by atoms with Crippen molar-refractivity contribution in [2.75, 3.05) is 12.8 Å². The van der Waals surface area contributed by atoms with Gasteiger partial charge in [0.15, 0.2) is 0 Å². The minimum absolute atomic E-state index is 0.0213. The maximum absolute atomic E-state index is 12.9. The number of nitrogens with zero attached hydrogens (tertiary/aromatic N) is 1. The molecule has 0 spiro atoms. The Morgan fingerprint density at radius 3 is 2.67 bits per heavy atom. The topological polar surface area (TPSA) is 49.4 Å². The fourth-order valence-corrected chi connectivity index (χ4v) is 4.53. The Morgan fingerprint density at radius 1 is 1.29 bits per heavy atom. The lowest BCUT2D eigenvalue weighted by atomic mass is 9.92. The Kier molecular flexibility index (Phi) is 5.97. The molecule has 2 amide bonds. The summed E-state index contributed by atoms with van der Waals surface area (Å²) >= 11 is 1.87. The molecule has 1 aliphatic carbocycles. The first-order valence-corrected chi connectivity index (χ1v) is 9.44. The van der Waals surface area contributed by atoms with Crippen molar-refractivity contribution in [1.29, 1.82) is 0 Å². The van der Waals surface area contributed by atoms with Gasteiger partial charge in [0.2, 0.25) is 11.8 Å². The summed E-state index contributed by atoms with van der Waals surface area (Å²) in [6.07, 6.45) is 8.04. The highest BCUT2D eigenvalue weighted by atomic mass is 32.2. The zero-order chi connectivity index (χ0) is 15.4. The molecule has 1 N–H and O–H groups in total. The van der Waals surface area contributed by atoms with Crippen molar-refractivity contribution in [3.63, 3.8) is 0 Å². The van der Waals surface area contributed by atoms with Gasteiger partial charge in [-0.3, -0.25) is 9.59 Å². The fourth-order valence-electron chi connectivity index (χ4n) is 3.53. The van der Waals surface area contributed by atoms with Gasteiger partial charge < -0.3 is 10.2 Å². The van der Waals surface area contributed by atoms with E-state index < -0.39 is 0 Å². The van der Waals surface area contributed by atoms with E-state index in [0.717, 1.165) is 12.8 Å². The average molecular weight is 312 g/mol. The Balaban J connectivity index is 2.15. The van der Waals surface area contributed by atoms with E-state index in [1.807, 2.05) is 16.7 Å². The van der Waals surface area contributed by atoms with Crippen molar-refractivity contribution in [3.8, 4) is 0 Å². The summed E-state index contributed by atoms with van der Waals surface area (Å²) in [4.78, 5) is 26.8. The molecule has 0 radical (unpaired) electrons. The lowest BCUT2D eigenvalue weighted by Crippen LogP contribution is -2.52. The number of hydrogen-bond donors (Lipinski definition) is 1. The summed E-state index contributed by atoms with van der Waals surface area (Å²) in [5, 5.41) is 3.45. The van der Waals surface area contributed by atoms with Crippen LogP contribution in [0, 0.1) is 5.92 Å². The highest BCUT2D eigenvalue weighted by molar-refractivity contribution is 7.99. The summed E-state index contributed by atoms with van der Waals surface area (Å²) in [6.45, 7) is 4.78. The van der Waals surface area contributed by atoms with Crippen LogP contribution in [0.25, 0.3) is 0 Å². The number of rotatable bonds is 4. The minimum Gasteiger partial charge on any atom is -0.344 e. The van der Waals surface area contributed by atoms with E-state index in [9.17, 15) is 9.59 Å². The molecule has 0 bridgehead atoms. The SMILES string of the molecule is CSC1CCCCC1N1CCC(=O)NC(CC(C)C)C1=O. The van der Waals surface area contributed by atoms with Crippen LogP contribution in [0.15, 0.2) is 0 Å². The van der Waals surface area contributed by atoms with E-state index >= 15 is 0 Å². The Hall–Kier alpha value is -0.710. The van der Waals surface area contributed by atoms with Crippen molar-refractivity contribution in [3.05, 3.63) is 0 Å². The van der Waals surface area contributed by atoms with Gasteiger partial charge in [-0.25, -0.2) is 0 Å². The van der Waals surface area contributed by atoms with Crippen LogP contribution in [0.3, 0.4) is 0 Å². The number of nitrogens with one attached hydrogen (secondary N) is 1. The first-order chi connectivity index (χ1) is 10.0. The average Bonchev–Trinajstić information content (AvgIpc) is 2.58. The van der Waals surface area contributed by atoms with Gasteiger partial charge in [0.05, 0.1) is 0 Å². The highest BCUT2D eigenvalue weighted by Crippen LogP contribution is 2.32. The third-order valence-corrected chi connectivity index (χ3v) is 5.73. The van der Waals surface area contributed by atoms with Crippen molar-refractivity contribution >= 4 is 23.6 Å². The Bertz CT molecular complexity index is 386. The second-order valence-electron chi connectivity index (χ2n) is 6.66. The van der Waals surface area contributed by atoms with Crippen molar-refractivity contribution in [2.24, 2.45) is 5.92 Å². The first-order valence-electron chi connectivity index (χ1n) is 8.15. The van der Waals surface area contributed by atoms with Gasteiger partial charge in [-0.15, -0.1) is 0 Å². The standard InChI is InChI=1S/C16H28N2O2S/c1-11(2)10-12-16(20)18(9-8-15(19)17-12)13-6-4-5-7-14(13)21-3/h11-14H,4-10H2,1-3H3,(H,17,19). The number of carbonyl (C=O) groups excluding carboxylic acids is 2. The molecule has 1 aliphatic heterocycles. The van der Waals surface area contributed by atoms with Gasteiger partial charge in [0.25, 0.3) is 0 Å². The lowest BCUT2D eigenvalue weighted by molar-refractivity contribution is -0.136. The van der Waals surface area contributed by atoms with E-state index in [1.165, 1.54) is 19.3 Å². The molecule has 5 heteroatoms. The van der Waals surface area contributed by atoms with Gasteiger partial charge >= 0.3 is 0 Å². The van der Waals surface area contributed by atoms with Crippen molar-refractivity contribution in [1.82, 2.24) is 10.2 Å². The van der Waals surface area contributed by atoms with E-state index in [-0.39, 0.29) is 17.9 Å². The van der Waals surface area contributed by atoms with Crippen LogP contribution in [0.2, 0.25) is 0 Å². The number of thioether (sulfide) groups is 1.